The van der Waals surface area contributed by atoms with Crippen molar-refractivity contribution in [2.75, 3.05) is 5.75 Å². The molecule has 0 aliphatic rings. The minimum atomic E-state index is -0.881. The molecule has 0 aliphatic carbocycles. The van der Waals surface area contributed by atoms with Crippen molar-refractivity contribution in [1.82, 2.24) is 4.98 Å². The highest BCUT2D eigenvalue weighted by molar-refractivity contribution is 8.76. The van der Waals surface area contributed by atoms with E-state index in [9.17, 15) is 14.9 Å². The van der Waals surface area contributed by atoms with Crippen LogP contribution < -0.4 is 0 Å². The molecule has 17 heavy (non-hydrogen) atoms. The second kappa shape index (κ2) is 6.45. The highest BCUT2D eigenvalue weighted by Gasteiger charge is 2.16. The van der Waals surface area contributed by atoms with Gasteiger partial charge in [0.25, 0.3) is 0 Å². The summed E-state index contributed by atoms with van der Waals surface area (Å²) in [6, 6.07) is 2.86. The van der Waals surface area contributed by atoms with Gasteiger partial charge >= 0.3 is 11.7 Å². The van der Waals surface area contributed by atoms with Gasteiger partial charge in [-0.2, -0.15) is 0 Å². The van der Waals surface area contributed by atoms with Gasteiger partial charge in [-0.25, -0.2) is 4.98 Å². The van der Waals surface area contributed by atoms with Crippen LogP contribution in [0.1, 0.15) is 6.92 Å². The monoisotopic (exact) mass is 274 g/mol. The Morgan fingerprint density at radius 1 is 1.71 bits per heavy atom. The zero-order valence-corrected chi connectivity index (χ0v) is 10.5. The molecule has 0 aliphatic heterocycles. The quantitative estimate of drug-likeness (QED) is 0.483. The maximum absolute atomic E-state index is 10.7. The van der Waals surface area contributed by atoms with Crippen molar-refractivity contribution in [3.05, 3.63) is 28.4 Å². The summed E-state index contributed by atoms with van der Waals surface area (Å²) in [4.78, 5) is 24.6. The molecule has 0 saturated carbocycles. The SMILES string of the molecule is CC(CSSc1ncccc1[N+](=O)[O-])C(=O)O. The zero-order chi connectivity index (χ0) is 12.8. The summed E-state index contributed by atoms with van der Waals surface area (Å²) in [6.45, 7) is 1.59. The van der Waals surface area contributed by atoms with Gasteiger partial charge in [0.1, 0.15) is 0 Å². The van der Waals surface area contributed by atoms with Gasteiger partial charge in [0.2, 0.25) is 0 Å². The van der Waals surface area contributed by atoms with Crippen molar-refractivity contribution in [2.24, 2.45) is 5.92 Å². The molecular formula is C9H10N2O4S2. The molecule has 1 aromatic heterocycles. The van der Waals surface area contributed by atoms with Gasteiger partial charge in [0, 0.05) is 18.0 Å². The predicted molar refractivity (Wildman–Crippen MR) is 66.0 cm³/mol. The van der Waals surface area contributed by atoms with Gasteiger partial charge in [0.15, 0.2) is 5.03 Å². The highest BCUT2D eigenvalue weighted by Crippen LogP contribution is 2.36. The van der Waals surface area contributed by atoms with Gasteiger partial charge in [-0.05, 0) is 16.9 Å². The number of carboxylic acid groups (broad SMARTS) is 1. The third-order valence-corrected chi connectivity index (χ3v) is 4.29. The van der Waals surface area contributed by atoms with Crippen molar-refractivity contribution in [3.63, 3.8) is 0 Å². The molecule has 1 atom stereocenters. The summed E-state index contributed by atoms with van der Waals surface area (Å²) in [5, 5.41) is 19.6. The topological polar surface area (TPSA) is 93.3 Å². The fourth-order valence-electron chi connectivity index (χ4n) is 0.849. The molecule has 0 saturated heterocycles. The molecule has 6 nitrogen and oxygen atoms in total. The van der Waals surface area contributed by atoms with Crippen LogP contribution in [0.3, 0.4) is 0 Å². The summed E-state index contributed by atoms with van der Waals surface area (Å²) in [6.07, 6.45) is 1.47. The number of carbonyl (C=O) groups is 1. The molecule has 92 valence electrons. The molecule has 1 N–H and O–H groups in total. The lowest BCUT2D eigenvalue weighted by atomic mass is 10.2. The van der Waals surface area contributed by atoms with Gasteiger partial charge in [-0.1, -0.05) is 17.7 Å². The van der Waals surface area contributed by atoms with Crippen LogP contribution in [0.25, 0.3) is 0 Å². The van der Waals surface area contributed by atoms with E-state index in [1.54, 1.807) is 6.92 Å². The van der Waals surface area contributed by atoms with Crippen molar-refractivity contribution in [1.29, 1.82) is 0 Å². The number of pyridine rings is 1. The summed E-state index contributed by atoms with van der Waals surface area (Å²) in [5.41, 5.74) is -0.0621. The Morgan fingerprint density at radius 2 is 2.41 bits per heavy atom. The summed E-state index contributed by atoms with van der Waals surface area (Å²) < 4.78 is 0. The molecule has 0 fully saturated rings. The molecule has 0 bridgehead atoms. The highest BCUT2D eigenvalue weighted by atomic mass is 33.1. The fraction of sp³-hybridized carbons (Fsp3) is 0.333. The van der Waals surface area contributed by atoms with Gasteiger partial charge < -0.3 is 5.11 Å². The Bertz CT molecular complexity index is 427. The Labute approximate surface area is 105 Å². The number of carboxylic acids is 1. The third kappa shape index (κ3) is 4.23. The van der Waals surface area contributed by atoms with Crippen LogP contribution >= 0.6 is 21.6 Å². The lowest BCUT2D eigenvalue weighted by molar-refractivity contribution is -0.388. The maximum Gasteiger partial charge on any atom is 0.307 e. The number of hydrogen-bond donors (Lipinski definition) is 1. The zero-order valence-electron chi connectivity index (χ0n) is 8.90. The first-order valence-corrected chi connectivity index (χ1v) is 6.96. The third-order valence-electron chi connectivity index (χ3n) is 1.83. The Balaban J connectivity index is 2.58. The molecule has 0 amide bonds. The van der Waals surface area contributed by atoms with E-state index in [1.807, 2.05) is 0 Å². The van der Waals surface area contributed by atoms with Crippen LogP contribution in [-0.4, -0.2) is 26.7 Å². The predicted octanol–water partition coefficient (Wildman–Crippen LogP) is 2.45. The van der Waals surface area contributed by atoms with Crippen molar-refractivity contribution in [3.8, 4) is 0 Å². The number of aromatic nitrogens is 1. The molecule has 8 heteroatoms. The molecule has 1 rings (SSSR count). The van der Waals surface area contributed by atoms with Crippen LogP contribution in [-0.2, 0) is 4.79 Å². The van der Waals surface area contributed by atoms with Crippen LogP contribution in [0.15, 0.2) is 23.4 Å². The van der Waals surface area contributed by atoms with Crippen LogP contribution in [0.5, 0.6) is 0 Å². The Hall–Kier alpha value is -1.28. The van der Waals surface area contributed by atoms with Crippen LogP contribution in [0, 0.1) is 16.0 Å². The van der Waals surface area contributed by atoms with E-state index < -0.39 is 16.8 Å². The second-order valence-electron chi connectivity index (χ2n) is 3.19. The molecule has 0 aromatic carbocycles. The van der Waals surface area contributed by atoms with E-state index in [4.69, 9.17) is 5.11 Å². The van der Waals surface area contributed by atoms with E-state index in [-0.39, 0.29) is 5.69 Å². The smallest absolute Gasteiger partial charge is 0.307 e. The molecule has 1 unspecified atom stereocenters. The van der Waals surface area contributed by atoms with E-state index in [1.165, 1.54) is 29.1 Å². The standard InChI is InChI=1S/C9H10N2O4S2/c1-6(9(12)13)5-16-17-8-7(11(14)15)3-2-4-10-8/h2-4,6H,5H2,1H3,(H,12,13). The summed E-state index contributed by atoms with van der Waals surface area (Å²) in [7, 11) is 2.36. The largest absolute Gasteiger partial charge is 0.481 e. The molecular weight excluding hydrogens is 264 g/mol. The first kappa shape index (κ1) is 13.8. The van der Waals surface area contributed by atoms with Crippen LogP contribution in [0.4, 0.5) is 5.69 Å². The molecule has 1 heterocycles. The summed E-state index contributed by atoms with van der Waals surface area (Å²) in [5.74, 6) is -1.00. The van der Waals surface area contributed by atoms with Gasteiger partial charge in [-0.3, -0.25) is 14.9 Å². The minimum absolute atomic E-state index is 0.0621. The van der Waals surface area contributed by atoms with Gasteiger partial charge in [-0.15, -0.1) is 0 Å². The normalized spacial score (nSPS) is 12.1. The number of nitrogens with zero attached hydrogens (tertiary/aromatic N) is 2. The van der Waals surface area contributed by atoms with E-state index in [2.05, 4.69) is 4.98 Å². The fourth-order valence-corrected chi connectivity index (χ4v) is 3.24. The Kier molecular flexibility index (Phi) is 5.23. The number of aliphatic carboxylic acids is 1. The molecule has 0 spiro atoms. The number of rotatable bonds is 6. The van der Waals surface area contributed by atoms with Crippen molar-refractivity contribution in [2.45, 2.75) is 11.9 Å². The minimum Gasteiger partial charge on any atom is -0.481 e. The van der Waals surface area contributed by atoms with E-state index >= 15 is 0 Å². The summed E-state index contributed by atoms with van der Waals surface area (Å²) >= 11 is 0. The van der Waals surface area contributed by atoms with Crippen molar-refractivity contribution >= 4 is 33.2 Å². The average molecular weight is 274 g/mol. The molecule has 0 radical (unpaired) electrons. The first-order chi connectivity index (χ1) is 8.02. The Morgan fingerprint density at radius 3 is 3.00 bits per heavy atom. The van der Waals surface area contributed by atoms with E-state index in [0.29, 0.717) is 10.8 Å². The number of nitro groups is 1. The van der Waals surface area contributed by atoms with E-state index in [0.717, 1.165) is 10.8 Å². The number of hydrogen-bond acceptors (Lipinski definition) is 6. The van der Waals surface area contributed by atoms with Crippen molar-refractivity contribution < 1.29 is 14.8 Å². The van der Waals surface area contributed by atoms with Gasteiger partial charge in [0.05, 0.1) is 10.8 Å². The average Bonchev–Trinajstić information content (AvgIpc) is 2.29. The first-order valence-electron chi connectivity index (χ1n) is 4.64. The molecule has 1 aromatic rings. The maximum atomic E-state index is 10.7. The lowest BCUT2D eigenvalue weighted by Gasteiger charge is -2.04. The van der Waals surface area contributed by atoms with Crippen LogP contribution in [0.2, 0.25) is 0 Å². The lowest BCUT2D eigenvalue weighted by Crippen LogP contribution is -2.11. The second-order valence-corrected chi connectivity index (χ2v) is 5.52.